The van der Waals surface area contributed by atoms with Gasteiger partial charge in [-0.1, -0.05) is 6.07 Å². The standard InChI is InChI=1S/C16H17N3O4S/c1-10-3-4-12(9-11(10)2)15(20)19-24(22,23)14-7-5-13(6-8-14)18-16(17)21/h3-9H,1-2H3,(H,19,20)(H3,17,18,21). The molecule has 0 unspecified atom stereocenters. The Labute approximate surface area is 139 Å². The Kier molecular flexibility index (Phi) is 4.89. The van der Waals surface area contributed by atoms with Crippen molar-refractivity contribution < 1.29 is 18.0 Å². The second-order valence-corrected chi connectivity index (χ2v) is 6.93. The minimum atomic E-state index is -4.02. The summed E-state index contributed by atoms with van der Waals surface area (Å²) in [6.07, 6.45) is 0. The molecule has 3 amide bonds. The highest BCUT2D eigenvalue weighted by Crippen LogP contribution is 2.15. The minimum absolute atomic E-state index is 0.102. The molecule has 0 spiro atoms. The molecule has 0 radical (unpaired) electrons. The summed E-state index contributed by atoms with van der Waals surface area (Å²) in [6, 6.07) is 9.46. The van der Waals surface area contributed by atoms with Crippen molar-refractivity contribution in [3.05, 3.63) is 59.2 Å². The van der Waals surface area contributed by atoms with Gasteiger partial charge in [-0.25, -0.2) is 17.9 Å². The van der Waals surface area contributed by atoms with E-state index in [-0.39, 0.29) is 10.5 Å². The number of hydrogen-bond donors (Lipinski definition) is 3. The lowest BCUT2D eigenvalue weighted by Crippen LogP contribution is -2.30. The molecule has 2 aromatic carbocycles. The molecule has 0 atom stereocenters. The van der Waals surface area contributed by atoms with Crippen LogP contribution in [0.2, 0.25) is 0 Å². The van der Waals surface area contributed by atoms with E-state index in [1.54, 1.807) is 18.2 Å². The molecule has 24 heavy (non-hydrogen) atoms. The van der Waals surface area contributed by atoms with Gasteiger partial charge in [-0.3, -0.25) is 4.79 Å². The van der Waals surface area contributed by atoms with E-state index < -0.39 is 22.0 Å². The number of nitrogens with one attached hydrogen (secondary N) is 2. The topological polar surface area (TPSA) is 118 Å². The van der Waals surface area contributed by atoms with Gasteiger partial charge in [0.1, 0.15) is 0 Å². The first kappa shape index (κ1) is 17.5. The van der Waals surface area contributed by atoms with Crippen molar-refractivity contribution in [3.8, 4) is 0 Å². The largest absolute Gasteiger partial charge is 0.351 e. The van der Waals surface area contributed by atoms with Crippen LogP contribution in [0.4, 0.5) is 10.5 Å². The molecule has 0 aromatic heterocycles. The van der Waals surface area contributed by atoms with Gasteiger partial charge in [0.15, 0.2) is 0 Å². The Morgan fingerprint density at radius 1 is 0.958 bits per heavy atom. The molecule has 0 saturated carbocycles. The molecule has 0 saturated heterocycles. The average Bonchev–Trinajstić information content (AvgIpc) is 2.49. The Balaban J connectivity index is 2.19. The number of anilines is 1. The average molecular weight is 347 g/mol. The van der Waals surface area contributed by atoms with Gasteiger partial charge in [-0.05, 0) is 61.4 Å². The lowest BCUT2D eigenvalue weighted by atomic mass is 10.1. The van der Waals surface area contributed by atoms with Gasteiger partial charge >= 0.3 is 6.03 Å². The number of benzene rings is 2. The first-order valence-corrected chi connectivity index (χ1v) is 8.48. The molecular weight excluding hydrogens is 330 g/mol. The van der Waals surface area contributed by atoms with Crippen LogP contribution in [0.3, 0.4) is 0 Å². The highest BCUT2D eigenvalue weighted by atomic mass is 32.2. The Hall–Kier alpha value is -2.87. The lowest BCUT2D eigenvalue weighted by molar-refractivity contribution is 0.0981. The van der Waals surface area contributed by atoms with E-state index in [9.17, 15) is 18.0 Å². The van der Waals surface area contributed by atoms with Gasteiger partial charge in [-0.15, -0.1) is 0 Å². The highest BCUT2D eigenvalue weighted by molar-refractivity contribution is 7.90. The number of sulfonamides is 1. The number of aryl methyl sites for hydroxylation is 2. The maximum Gasteiger partial charge on any atom is 0.316 e. The molecule has 0 heterocycles. The maximum absolute atomic E-state index is 12.3. The zero-order valence-corrected chi connectivity index (χ0v) is 14.0. The van der Waals surface area contributed by atoms with Crippen molar-refractivity contribution in [1.29, 1.82) is 0 Å². The number of amides is 3. The van der Waals surface area contributed by atoms with Crippen LogP contribution in [0, 0.1) is 13.8 Å². The Morgan fingerprint density at radius 3 is 2.12 bits per heavy atom. The van der Waals surface area contributed by atoms with E-state index in [0.717, 1.165) is 11.1 Å². The fourth-order valence-corrected chi connectivity index (χ4v) is 2.96. The van der Waals surface area contributed by atoms with Gasteiger partial charge in [0.25, 0.3) is 15.9 Å². The number of carbonyl (C=O) groups is 2. The number of rotatable bonds is 4. The van der Waals surface area contributed by atoms with Gasteiger partial charge in [0.2, 0.25) is 0 Å². The SMILES string of the molecule is Cc1ccc(C(=O)NS(=O)(=O)c2ccc(NC(N)=O)cc2)cc1C. The monoisotopic (exact) mass is 347 g/mol. The third kappa shape index (κ3) is 4.11. The second-order valence-electron chi connectivity index (χ2n) is 5.25. The predicted molar refractivity (Wildman–Crippen MR) is 90.2 cm³/mol. The van der Waals surface area contributed by atoms with Gasteiger partial charge < -0.3 is 11.1 Å². The smallest absolute Gasteiger partial charge is 0.316 e. The summed E-state index contributed by atoms with van der Waals surface area (Å²) in [5, 5.41) is 2.32. The fourth-order valence-electron chi connectivity index (χ4n) is 1.98. The fraction of sp³-hybridized carbons (Fsp3) is 0.125. The summed E-state index contributed by atoms with van der Waals surface area (Å²) in [6.45, 7) is 3.74. The first-order valence-electron chi connectivity index (χ1n) is 7.00. The Bertz CT molecular complexity index is 890. The molecule has 4 N–H and O–H groups in total. The van der Waals surface area contributed by atoms with Crippen LogP contribution >= 0.6 is 0 Å². The van der Waals surface area contributed by atoms with Crippen LogP contribution in [0.1, 0.15) is 21.5 Å². The molecule has 8 heteroatoms. The Morgan fingerprint density at radius 2 is 1.58 bits per heavy atom. The van der Waals surface area contributed by atoms with Gasteiger partial charge in [-0.2, -0.15) is 0 Å². The maximum atomic E-state index is 12.3. The molecule has 126 valence electrons. The summed E-state index contributed by atoms with van der Waals surface area (Å²) in [5.41, 5.74) is 7.48. The van der Waals surface area contributed by atoms with E-state index >= 15 is 0 Å². The molecule has 7 nitrogen and oxygen atoms in total. The molecule has 2 aromatic rings. The molecule has 0 bridgehead atoms. The first-order chi connectivity index (χ1) is 11.2. The molecule has 2 rings (SSSR count). The van der Waals surface area contributed by atoms with Crippen LogP contribution in [0.5, 0.6) is 0 Å². The van der Waals surface area contributed by atoms with E-state index in [0.29, 0.717) is 5.69 Å². The van der Waals surface area contributed by atoms with Crippen molar-refractivity contribution >= 4 is 27.6 Å². The highest BCUT2D eigenvalue weighted by Gasteiger charge is 2.19. The van der Waals surface area contributed by atoms with Crippen LogP contribution < -0.4 is 15.8 Å². The number of hydrogen-bond acceptors (Lipinski definition) is 4. The third-order valence-corrected chi connectivity index (χ3v) is 4.78. The van der Waals surface area contributed by atoms with Gasteiger partial charge in [0.05, 0.1) is 4.90 Å². The van der Waals surface area contributed by atoms with Crippen molar-refractivity contribution in [3.63, 3.8) is 0 Å². The van der Waals surface area contributed by atoms with Crippen molar-refractivity contribution in [2.24, 2.45) is 5.73 Å². The van der Waals surface area contributed by atoms with E-state index in [1.165, 1.54) is 24.3 Å². The van der Waals surface area contributed by atoms with Crippen molar-refractivity contribution in [2.75, 3.05) is 5.32 Å². The number of carbonyl (C=O) groups excluding carboxylic acids is 2. The predicted octanol–water partition coefficient (Wildman–Crippen LogP) is 1.91. The lowest BCUT2D eigenvalue weighted by Gasteiger charge is -2.09. The molecule has 0 aliphatic heterocycles. The molecular formula is C16H17N3O4S. The summed E-state index contributed by atoms with van der Waals surface area (Å²) in [5.74, 6) is -0.711. The third-order valence-electron chi connectivity index (χ3n) is 3.43. The summed E-state index contributed by atoms with van der Waals surface area (Å²) in [7, 11) is -4.02. The van der Waals surface area contributed by atoms with Gasteiger partial charge in [0, 0.05) is 11.3 Å². The van der Waals surface area contributed by atoms with Crippen LogP contribution in [0.25, 0.3) is 0 Å². The normalized spacial score (nSPS) is 10.9. The van der Waals surface area contributed by atoms with E-state index in [1.807, 2.05) is 18.6 Å². The summed E-state index contributed by atoms with van der Waals surface area (Å²) >= 11 is 0. The number of urea groups is 1. The second kappa shape index (κ2) is 6.71. The zero-order chi connectivity index (χ0) is 17.9. The van der Waals surface area contributed by atoms with Crippen LogP contribution in [0.15, 0.2) is 47.4 Å². The van der Waals surface area contributed by atoms with E-state index in [4.69, 9.17) is 5.73 Å². The molecule has 0 fully saturated rings. The molecule has 0 aliphatic rings. The van der Waals surface area contributed by atoms with Crippen LogP contribution in [-0.4, -0.2) is 20.4 Å². The van der Waals surface area contributed by atoms with E-state index in [2.05, 4.69) is 5.32 Å². The van der Waals surface area contributed by atoms with Crippen molar-refractivity contribution in [2.45, 2.75) is 18.7 Å². The minimum Gasteiger partial charge on any atom is -0.351 e. The van der Waals surface area contributed by atoms with Crippen LogP contribution in [-0.2, 0) is 10.0 Å². The number of primary amides is 1. The molecule has 0 aliphatic carbocycles. The number of nitrogens with two attached hydrogens (primary N) is 1. The summed E-state index contributed by atoms with van der Waals surface area (Å²) in [4.78, 5) is 22.8. The zero-order valence-electron chi connectivity index (χ0n) is 13.2. The van der Waals surface area contributed by atoms with Crippen molar-refractivity contribution in [1.82, 2.24) is 4.72 Å². The quantitative estimate of drug-likeness (QED) is 0.783. The summed E-state index contributed by atoms with van der Waals surface area (Å²) < 4.78 is 26.5.